The van der Waals surface area contributed by atoms with Crippen molar-refractivity contribution in [2.24, 2.45) is 0 Å². The van der Waals surface area contributed by atoms with Gasteiger partial charge in [-0.25, -0.2) is 0 Å². The minimum atomic E-state index is -0.178. The number of fused-ring (bicyclic) bond motifs is 5. The average molecular weight is 326 g/mol. The molecule has 0 aliphatic carbocycles. The third kappa shape index (κ3) is 2.44. The normalized spacial score (nSPS) is 26.8. The highest BCUT2D eigenvalue weighted by Gasteiger charge is 2.43. The monoisotopic (exact) mass is 326 g/mol. The molecule has 1 fully saturated rings. The predicted octanol–water partition coefficient (Wildman–Crippen LogP) is 4.13. The molecule has 128 valence electrons. The number of carbonyl (C=O) groups excluding carboxylic acids is 1. The number of carbonyl (C=O) groups is 1. The highest BCUT2D eigenvalue weighted by Crippen LogP contribution is 2.48. The summed E-state index contributed by atoms with van der Waals surface area (Å²) in [6, 6.07) is 9.35. The molecule has 2 aromatic rings. The summed E-state index contributed by atoms with van der Waals surface area (Å²) in [5.41, 5.74) is 4.11. The van der Waals surface area contributed by atoms with Crippen LogP contribution in [0.2, 0.25) is 0 Å². The lowest BCUT2D eigenvalue weighted by atomic mass is 9.78. The third-order valence-corrected chi connectivity index (χ3v) is 5.81. The first kappa shape index (κ1) is 15.7. The Hall–Kier alpha value is -1.81. The Balaban J connectivity index is 1.83. The van der Waals surface area contributed by atoms with Gasteiger partial charge in [-0.1, -0.05) is 31.5 Å². The second-order valence-electron chi connectivity index (χ2n) is 7.13. The summed E-state index contributed by atoms with van der Waals surface area (Å²) in [6.45, 7) is 5.36. The van der Waals surface area contributed by atoms with Gasteiger partial charge in [-0.2, -0.15) is 0 Å². The summed E-state index contributed by atoms with van der Waals surface area (Å²) in [7, 11) is 0. The van der Waals surface area contributed by atoms with Gasteiger partial charge in [0.2, 0.25) is 0 Å². The van der Waals surface area contributed by atoms with Crippen molar-refractivity contribution in [3.8, 4) is 0 Å². The Labute approximate surface area is 143 Å². The molecule has 4 heteroatoms. The van der Waals surface area contributed by atoms with Crippen LogP contribution in [0.15, 0.2) is 24.3 Å². The Morgan fingerprint density at radius 1 is 1.33 bits per heavy atom. The highest BCUT2D eigenvalue weighted by atomic mass is 16.5. The molecule has 3 unspecified atom stereocenters. The number of H-pyrrole nitrogens is 1. The van der Waals surface area contributed by atoms with Crippen LogP contribution in [0.5, 0.6) is 0 Å². The van der Waals surface area contributed by atoms with Gasteiger partial charge in [0.05, 0.1) is 12.1 Å². The number of aromatic amines is 1. The van der Waals surface area contributed by atoms with E-state index in [2.05, 4.69) is 41.1 Å². The van der Waals surface area contributed by atoms with Crippen molar-refractivity contribution < 1.29 is 9.53 Å². The summed E-state index contributed by atoms with van der Waals surface area (Å²) in [5, 5.41) is 1.34. The second-order valence-corrected chi connectivity index (χ2v) is 7.13. The molecule has 4 rings (SSSR count). The van der Waals surface area contributed by atoms with Crippen LogP contribution < -0.4 is 0 Å². The van der Waals surface area contributed by atoms with E-state index in [-0.39, 0.29) is 12.0 Å². The molecule has 0 radical (unpaired) electrons. The van der Waals surface area contributed by atoms with E-state index >= 15 is 0 Å². The lowest BCUT2D eigenvalue weighted by Crippen LogP contribution is -2.50. The van der Waals surface area contributed by atoms with Gasteiger partial charge in [0.25, 0.3) is 0 Å². The Morgan fingerprint density at radius 2 is 2.17 bits per heavy atom. The van der Waals surface area contributed by atoms with Crippen LogP contribution >= 0.6 is 0 Å². The van der Waals surface area contributed by atoms with Crippen LogP contribution in [0.3, 0.4) is 0 Å². The zero-order valence-electron chi connectivity index (χ0n) is 14.5. The smallest absolute Gasteiger partial charge is 0.302 e. The summed E-state index contributed by atoms with van der Waals surface area (Å²) in [6.07, 6.45) is 4.75. The summed E-state index contributed by atoms with van der Waals surface area (Å²) >= 11 is 0. The minimum absolute atomic E-state index is 0.178. The van der Waals surface area contributed by atoms with Gasteiger partial charge < -0.3 is 9.72 Å². The van der Waals surface area contributed by atoms with Crippen LogP contribution in [-0.2, 0) is 9.53 Å². The van der Waals surface area contributed by atoms with Crippen molar-refractivity contribution in [3.05, 3.63) is 35.5 Å². The van der Waals surface area contributed by atoms with Gasteiger partial charge in [0.1, 0.15) is 6.61 Å². The molecule has 3 atom stereocenters. The number of benzene rings is 1. The van der Waals surface area contributed by atoms with Gasteiger partial charge in [-0.3, -0.25) is 9.69 Å². The zero-order chi connectivity index (χ0) is 16.7. The van der Waals surface area contributed by atoms with E-state index in [9.17, 15) is 4.79 Å². The second kappa shape index (κ2) is 6.25. The van der Waals surface area contributed by atoms with Crippen LogP contribution in [0.1, 0.15) is 62.7 Å². The number of nitrogens with zero attached hydrogens (tertiary/aromatic N) is 1. The van der Waals surface area contributed by atoms with Gasteiger partial charge in [0, 0.05) is 29.4 Å². The van der Waals surface area contributed by atoms with Gasteiger partial charge in [0.15, 0.2) is 0 Å². The van der Waals surface area contributed by atoms with Gasteiger partial charge in [-0.05, 0) is 37.4 Å². The standard InChI is InChI=1S/C20H26N2O2/c1-3-14-18(12-24-13(2)23)22-11-7-6-10-17(22)20-19(14)15-8-4-5-9-16(15)21-20/h4-5,8-9,14,17-18,21H,3,6-7,10-12H2,1-2H3. The molecule has 2 aliphatic heterocycles. The van der Waals surface area contributed by atoms with E-state index in [1.165, 1.54) is 48.3 Å². The molecule has 0 saturated carbocycles. The predicted molar refractivity (Wildman–Crippen MR) is 95.0 cm³/mol. The van der Waals surface area contributed by atoms with E-state index in [1.807, 2.05) is 0 Å². The Bertz CT molecular complexity index is 751. The average Bonchev–Trinajstić information content (AvgIpc) is 2.99. The molecule has 0 bridgehead atoms. The van der Waals surface area contributed by atoms with E-state index in [4.69, 9.17) is 4.74 Å². The van der Waals surface area contributed by atoms with Crippen molar-refractivity contribution in [2.75, 3.05) is 13.2 Å². The molecule has 1 aromatic heterocycles. The first-order valence-corrected chi connectivity index (χ1v) is 9.20. The van der Waals surface area contributed by atoms with Crippen molar-refractivity contribution in [3.63, 3.8) is 0 Å². The maximum atomic E-state index is 11.4. The minimum Gasteiger partial charge on any atom is -0.464 e. The molecule has 24 heavy (non-hydrogen) atoms. The van der Waals surface area contributed by atoms with Crippen LogP contribution in [0.4, 0.5) is 0 Å². The molecule has 2 aliphatic rings. The molecule has 4 nitrogen and oxygen atoms in total. The quantitative estimate of drug-likeness (QED) is 0.863. The van der Waals surface area contributed by atoms with E-state index in [0.29, 0.717) is 18.6 Å². The van der Waals surface area contributed by atoms with E-state index < -0.39 is 0 Å². The van der Waals surface area contributed by atoms with Crippen molar-refractivity contribution in [1.82, 2.24) is 9.88 Å². The molecule has 3 heterocycles. The highest BCUT2D eigenvalue weighted by molar-refractivity contribution is 5.86. The summed E-state index contributed by atoms with van der Waals surface area (Å²) < 4.78 is 5.48. The molecule has 0 amide bonds. The van der Waals surface area contributed by atoms with Crippen molar-refractivity contribution >= 4 is 16.9 Å². The fraction of sp³-hybridized carbons (Fsp3) is 0.550. The zero-order valence-corrected chi connectivity index (χ0v) is 14.5. The number of ether oxygens (including phenoxy) is 1. The topological polar surface area (TPSA) is 45.3 Å². The van der Waals surface area contributed by atoms with Crippen LogP contribution in [0.25, 0.3) is 10.9 Å². The first-order valence-electron chi connectivity index (χ1n) is 9.20. The number of rotatable bonds is 3. The number of esters is 1. The molecular formula is C20H26N2O2. The number of hydrogen-bond donors (Lipinski definition) is 1. The fourth-order valence-electron chi connectivity index (χ4n) is 4.82. The maximum Gasteiger partial charge on any atom is 0.302 e. The lowest BCUT2D eigenvalue weighted by Gasteiger charge is -2.48. The fourth-order valence-corrected chi connectivity index (χ4v) is 4.82. The molecular weight excluding hydrogens is 300 g/mol. The molecule has 1 N–H and O–H groups in total. The number of piperidine rings is 1. The summed E-state index contributed by atoms with van der Waals surface area (Å²) in [4.78, 5) is 17.7. The van der Waals surface area contributed by atoms with Gasteiger partial charge >= 0.3 is 5.97 Å². The van der Waals surface area contributed by atoms with Crippen molar-refractivity contribution in [1.29, 1.82) is 0 Å². The van der Waals surface area contributed by atoms with E-state index in [0.717, 1.165) is 13.0 Å². The third-order valence-electron chi connectivity index (χ3n) is 5.81. The number of para-hydroxylation sites is 1. The largest absolute Gasteiger partial charge is 0.464 e. The Kier molecular flexibility index (Phi) is 4.09. The summed E-state index contributed by atoms with van der Waals surface area (Å²) in [5.74, 6) is 0.230. The SMILES string of the molecule is CCC1c2c([nH]c3ccccc23)C2CCCCN2C1COC(C)=O. The van der Waals surface area contributed by atoms with Crippen molar-refractivity contribution in [2.45, 2.75) is 57.5 Å². The number of aromatic nitrogens is 1. The maximum absolute atomic E-state index is 11.4. The lowest BCUT2D eigenvalue weighted by molar-refractivity contribution is -0.144. The number of hydrogen-bond acceptors (Lipinski definition) is 3. The Morgan fingerprint density at radius 3 is 2.96 bits per heavy atom. The first-order chi connectivity index (χ1) is 11.7. The van der Waals surface area contributed by atoms with Gasteiger partial charge in [-0.15, -0.1) is 0 Å². The molecule has 0 spiro atoms. The van der Waals surface area contributed by atoms with Crippen LogP contribution in [-0.4, -0.2) is 35.0 Å². The van der Waals surface area contributed by atoms with Crippen LogP contribution in [0, 0.1) is 0 Å². The number of nitrogens with one attached hydrogen (secondary N) is 1. The molecule has 1 saturated heterocycles. The molecule has 1 aromatic carbocycles. The van der Waals surface area contributed by atoms with E-state index in [1.54, 1.807) is 0 Å².